The summed E-state index contributed by atoms with van der Waals surface area (Å²) in [5, 5.41) is 13.8. The number of hydrogen-bond acceptors (Lipinski definition) is 2. The molecule has 4 aromatic rings. The van der Waals surface area contributed by atoms with Crippen LogP contribution in [0, 0.1) is 0 Å². The van der Waals surface area contributed by atoms with Gasteiger partial charge in [-0.05, 0) is 41.7 Å². The summed E-state index contributed by atoms with van der Waals surface area (Å²) < 4.78 is 2.16. The van der Waals surface area contributed by atoms with Gasteiger partial charge in [0.05, 0.1) is 5.54 Å². The van der Waals surface area contributed by atoms with E-state index in [0.717, 1.165) is 30.4 Å². The molecule has 0 saturated heterocycles. The molecule has 0 spiro atoms. The average Bonchev–Trinajstić information content (AvgIpc) is 3.31. The molecule has 36 heavy (non-hydrogen) atoms. The average molecular weight is 477 g/mol. The Hall–Kier alpha value is -3.89. The monoisotopic (exact) mass is 476 g/mol. The number of pyridine rings is 1. The third-order valence-electron chi connectivity index (χ3n) is 7.10. The second-order valence-electron chi connectivity index (χ2n) is 9.47. The van der Waals surface area contributed by atoms with Crippen LogP contribution in [0.4, 0.5) is 0 Å². The summed E-state index contributed by atoms with van der Waals surface area (Å²) in [6.07, 6.45) is 16.0. The molecule has 2 heterocycles. The van der Waals surface area contributed by atoms with E-state index in [-0.39, 0.29) is 5.92 Å². The maximum Gasteiger partial charge on any atom is 0.325 e. The molecule has 0 bridgehead atoms. The zero-order valence-corrected chi connectivity index (χ0v) is 20.5. The van der Waals surface area contributed by atoms with Crippen LogP contribution >= 0.6 is 0 Å². The van der Waals surface area contributed by atoms with E-state index < -0.39 is 17.6 Å². The first-order valence-electron chi connectivity index (χ1n) is 12.7. The van der Waals surface area contributed by atoms with Crippen molar-refractivity contribution in [2.45, 2.75) is 43.7 Å². The highest BCUT2D eigenvalue weighted by molar-refractivity contribution is 5.76. The largest absolute Gasteiger partial charge is 0.480 e. The molecule has 0 saturated carbocycles. The maximum atomic E-state index is 12.5. The van der Waals surface area contributed by atoms with Gasteiger partial charge in [0.2, 0.25) is 0 Å². The smallest absolute Gasteiger partial charge is 0.325 e. The molecule has 4 nitrogen and oxygen atoms in total. The van der Waals surface area contributed by atoms with Gasteiger partial charge in [-0.1, -0.05) is 104 Å². The van der Waals surface area contributed by atoms with E-state index in [2.05, 4.69) is 89.7 Å². The predicted molar refractivity (Wildman–Crippen MR) is 145 cm³/mol. The molecule has 4 heteroatoms. The van der Waals surface area contributed by atoms with Gasteiger partial charge in [0.1, 0.15) is 6.04 Å². The molecule has 1 atom stereocenters. The number of allylic oxidation sites excluding steroid dienone is 2. The number of aryl methyl sites for hydroxylation is 1. The first kappa shape index (κ1) is 23.8. The first-order valence-corrected chi connectivity index (χ1v) is 12.7. The van der Waals surface area contributed by atoms with Gasteiger partial charge in [-0.3, -0.25) is 10.1 Å². The van der Waals surface area contributed by atoms with Crippen molar-refractivity contribution in [1.82, 2.24) is 9.72 Å². The van der Waals surface area contributed by atoms with Crippen LogP contribution in [-0.2, 0) is 16.8 Å². The number of nitrogens with zero attached hydrogens (tertiary/aromatic N) is 1. The number of rotatable bonds is 9. The lowest BCUT2D eigenvalue weighted by atomic mass is 9.79. The van der Waals surface area contributed by atoms with Crippen molar-refractivity contribution < 1.29 is 9.90 Å². The summed E-state index contributed by atoms with van der Waals surface area (Å²) >= 11 is 0. The highest BCUT2D eigenvalue weighted by atomic mass is 16.4. The molecule has 2 N–H and O–H groups in total. The van der Waals surface area contributed by atoms with E-state index in [1.54, 1.807) is 0 Å². The van der Waals surface area contributed by atoms with Gasteiger partial charge in [0.25, 0.3) is 0 Å². The Morgan fingerprint density at radius 1 is 0.972 bits per heavy atom. The van der Waals surface area contributed by atoms with Crippen molar-refractivity contribution in [3.63, 3.8) is 0 Å². The van der Waals surface area contributed by atoms with Gasteiger partial charge >= 0.3 is 5.97 Å². The van der Waals surface area contributed by atoms with Crippen molar-refractivity contribution in [2.75, 3.05) is 0 Å². The fourth-order valence-electron chi connectivity index (χ4n) is 5.21. The SMILES string of the molecule is CCCCc1c(C2(NC(C(=O)O)c3ccccc3)C=CC(c3ccccc3)C=C2)cn2ccccc12. The van der Waals surface area contributed by atoms with Crippen LogP contribution in [0.5, 0.6) is 0 Å². The molecule has 5 rings (SSSR count). The fourth-order valence-corrected chi connectivity index (χ4v) is 5.21. The van der Waals surface area contributed by atoms with Crippen LogP contribution in [0.3, 0.4) is 0 Å². The van der Waals surface area contributed by atoms with E-state index in [1.165, 1.54) is 16.6 Å². The van der Waals surface area contributed by atoms with Crippen LogP contribution in [0.2, 0.25) is 0 Å². The second-order valence-corrected chi connectivity index (χ2v) is 9.47. The minimum atomic E-state index is -0.897. The lowest BCUT2D eigenvalue weighted by molar-refractivity contribution is -0.140. The van der Waals surface area contributed by atoms with Crippen LogP contribution in [-0.4, -0.2) is 15.5 Å². The third-order valence-corrected chi connectivity index (χ3v) is 7.10. The van der Waals surface area contributed by atoms with Crippen LogP contribution < -0.4 is 5.32 Å². The first-order chi connectivity index (χ1) is 17.6. The molecule has 0 aliphatic heterocycles. The van der Waals surface area contributed by atoms with Gasteiger partial charge < -0.3 is 9.51 Å². The predicted octanol–water partition coefficient (Wildman–Crippen LogP) is 6.80. The Labute approximate surface area is 212 Å². The Balaban J connectivity index is 1.65. The Morgan fingerprint density at radius 3 is 2.31 bits per heavy atom. The third kappa shape index (κ3) is 4.65. The number of carbonyl (C=O) groups is 1. The van der Waals surface area contributed by atoms with E-state index in [0.29, 0.717) is 0 Å². The standard InChI is InChI=1S/C32H32N2O2/c1-2-3-16-27-28(23-34-22-11-10-17-29(27)34)32(33-30(31(35)36)26-14-8-5-9-15-26)20-18-25(19-21-32)24-12-6-4-7-13-24/h4-15,17-23,25,30,33H,2-3,16H2,1H3,(H,35,36). The van der Waals surface area contributed by atoms with Crippen molar-refractivity contribution in [3.05, 3.63) is 138 Å². The van der Waals surface area contributed by atoms with Gasteiger partial charge in [-0.25, -0.2) is 0 Å². The van der Waals surface area contributed by atoms with Crippen LogP contribution in [0.25, 0.3) is 5.52 Å². The van der Waals surface area contributed by atoms with Crippen molar-refractivity contribution in [2.24, 2.45) is 0 Å². The number of carboxylic acid groups (broad SMARTS) is 1. The zero-order valence-electron chi connectivity index (χ0n) is 20.5. The lowest BCUT2D eigenvalue weighted by Gasteiger charge is -2.36. The number of aliphatic carboxylic acids is 1. The fraction of sp³-hybridized carbons (Fsp3) is 0.219. The number of hydrogen-bond donors (Lipinski definition) is 2. The van der Waals surface area contributed by atoms with E-state index in [1.807, 2.05) is 42.5 Å². The topological polar surface area (TPSA) is 53.7 Å². The highest BCUT2D eigenvalue weighted by Gasteiger charge is 2.37. The van der Waals surface area contributed by atoms with Crippen molar-refractivity contribution in [3.8, 4) is 0 Å². The van der Waals surface area contributed by atoms with E-state index in [9.17, 15) is 9.90 Å². The maximum absolute atomic E-state index is 12.5. The lowest BCUT2D eigenvalue weighted by Crippen LogP contribution is -2.45. The number of fused-ring (bicyclic) bond motifs is 1. The summed E-state index contributed by atoms with van der Waals surface area (Å²) in [6, 6.07) is 25.2. The molecule has 0 amide bonds. The molecule has 0 fully saturated rings. The summed E-state index contributed by atoms with van der Waals surface area (Å²) in [7, 11) is 0. The molecule has 2 aromatic heterocycles. The molecule has 1 unspecified atom stereocenters. The number of benzene rings is 2. The van der Waals surface area contributed by atoms with Crippen LogP contribution in [0.15, 0.2) is 116 Å². The second kappa shape index (κ2) is 10.4. The normalized spacial score (nSPS) is 20.0. The molecular formula is C32H32N2O2. The quantitative estimate of drug-likeness (QED) is 0.261. The Morgan fingerprint density at radius 2 is 1.64 bits per heavy atom. The number of unbranched alkanes of at least 4 members (excludes halogenated alkanes) is 1. The molecule has 0 radical (unpaired) electrons. The van der Waals surface area contributed by atoms with Gasteiger partial charge in [0.15, 0.2) is 0 Å². The Bertz CT molecular complexity index is 1370. The van der Waals surface area contributed by atoms with Gasteiger partial charge in [-0.2, -0.15) is 0 Å². The molecular weight excluding hydrogens is 444 g/mol. The summed E-state index contributed by atoms with van der Waals surface area (Å²) in [6.45, 7) is 2.20. The van der Waals surface area contributed by atoms with Crippen molar-refractivity contribution in [1.29, 1.82) is 0 Å². The molecule has 182 valence electrons. The minimum Gasteiger partial charge on any atom is -0.480 e. The molecule has 2 aromatic carbocycles. The molecule has 1 aliphatic carbocycles. The van der Waals surface area contributed by atoms with E-state index >= 15 is 0 Å². The highest BCUT2D eigenvalue weighted by Crippen LogP contribution is 2.39. The number of nitrogens with one attached hydrogen (secondary N) is 1. The van der Waals surface area contributed by atoms with Gasteiger partial charge in [0, 0.05) is 29.4 Å². The zero-order chi connectivity index (χ0) is 25.0. The Kier molecular flexibility index (Phi) is 6.88. The molecule has 1 aliphatic rings. The summed E-state index contributed by atoms with van der Waals surface area (Å²) in [5.74, 6) is -0.760. The minimum absolute atomic E-state index is 0.136. The van der Waals surface area contributed by atoms with Gasteiger partial charge in [-0.15, -0.1) is 0 Å². The van der Waals surface area contributed by atoms with Crippen molar-refractivity contribution >= 4 is 11.5 Å². The van der Waals surface area contributed by atoms with Crippen LogP contribution in [0.1, 0.15) is 54.0 Å². The van der Waals surface area contributed by atoms with E-state index in [4.69, 9.17) is 0 Å². The number of carboxylic acids is 1. The summed E-state index contributed by atoms with van der Waals surface area (Å²) in [4.78, 5) is 12.5. The summed E-state index contributed by atoms with van der Waals surface area (Å²) in [5.41, 5.74) is 4.71. The number of aromatic nitrogens is 1.